The summed E-state index contributed by atoms with van der Waals surface area (Å²) in [7, 11) is 0. The van der Waals surface area contributed by atoms with Crippen molar-refractivity contribution in [3.63, 3.8) is 0 Å². The number of fused-ring (bicyclic) bond motifs is 7. The molecule has 202 valence electrons. The summed E-state index contributed by atoms with van der Waals surface area (Å²) >= 11 is 0. The van der Waals surface area contributed by atoms with Gasteiger partial charge in [-0.3, -0.25) is 4.79 Å². The molecule has 0 spiro atoms. The zero-order valence-corrected chi connectivity index (χ0v) is 24.1. The largest absolute Gasteiger partial charge is 0.465 e. The molecule has 5 aliphatic carbocycles. The zero-order valence-electron chi connectivity index (χ0n) is 24.1. The minimum absolute atomic E-state index is 0.0386. The predicted octanol–water partition coefficient (Wildman–Crippen LogP) is 8.04. The summed E-state index contributed by atoms with van der Waals surface area (Å²) in [5.41, 5.74) is 3.32. The fraction of sp³-hybridized carbons (Fsp3) is 0.875. The maximum absolute atomic E-state index is 11.9. The number of hydrogen-bond acceptors (Lipinski definition) is 4. The summed E-state index contributed by atoms with van der Waals surface area (Å²) in [5, 5.41) is 13.6. The normalized spacial score (nSPS) is 50.4. The van der Waals surface area contributed by atoms with E-state index in [0.29, 0.717) is 47.0 Å². The van der Waals surface area contributed by atoms with Gasteiger partial charge in [-0.2, -0.15) is 0 Å². The molecule has 4 nitrogen and oxygen atoms in total. The number of oxime groups is 1. The molecule has 5 aliphatic rings. The Hall–Kier alpha value is -1.32. The van der Waals surface area contributed by atoms with Crippen LogP contribution in [0.4, 0.5) is 0 Å². The number of ether oxygens (including phenoxy) is 1. The van der Waals surface area contributed by atoms with Crippen LogP contribution < -0.4 is 0 Å². The van der Waals surface area contributed by atoms with Gasteiger partial charge < -0.3 is 9.94 Å². The summed E-state index contributed by atoms with van der Waals surface area (Å²) in [6.45, 7) is 21.5. The van der Waals surface area contributed by atoms with Crippen LogP contribution in [-0.4, -0.2) is 23.5 Å². The van der Waals surface area contributed by atoms with Crippen LogP contribution in [0.1, 0.15) is 113 Å². The van der Waals surface area contributed by atoms with Gasteiger partial charge in [-0.05, 0) is 117 Å². The van der Waals surface area contributed by atoms with Crippen molar-refractivity contribution in [1.82, 2.24) is 0 Å². The average molecular weight is 498 g/mol. The van der Waals surface area contributed by atoms with Gasteiger partial charge in [0.25, 0.3) is 0 Å². The Morgan fingerprint density at radius 2 is 1.67 bits per heavy atom. The lowest BCUT2D eigenvalue weighted by molar-refractivity contribution is -0.231. The third-order valence-corrected chi connectivity index (χ3v) is 13.7. The molecule has 5 fully saturated rings. The highest BCUT2D eigenvalue weighted by molar-refractivity contribution is 5.90. The number of nitrogens with zero attached hydrogens (tertiary/aromatic N) is 1. The number of allylic oxidation sites excluding steroid dienone is 1. The highest BCUT2D eigenvalue weighted by Crippen LogP contribution is 2.77. The Bertz CT molecular complexity index is 968. The van der Waals surface area contributed by atoms with Crippen LogP contribution in [0.2, 0.25) is 0 Å². The Balaban J connectivity index is 1.53. The second-order valence-electron chi connectivity index (χ2n) is 15.1. The van der Waals surface area contributed by atoms with Crippen molar-refractivity contribution < 1.29 is 14.7 Å². The van der Waals surface area contributed by atoms with Crippen molar-refractivity contribution in [1.29, 1.82) is 0 Å². The minimum Gasteiger partial charge on any atom is -0.465 e. The first-order chi connectivity index (χ1) is 16.8. The summed E-state index contributed by atoms with van der Waals surface area (Å²) in [4.78, 5) is 11.9. The first kappa shape index (κ1) is 26.3. The number of rotatable bonds is 3. The van der Waals surface area contributed by atoms with E-state index in [4.69, 9.17) is 4.74 Å². The smallest absolute Gasteiger partial charge is 0.302 e. The quantitative estimate of drug-likeness (QED) is 0.186. The molecule has 0 aromatic rings. The van der Waals surface area contributed by atoms with Crippen molar-refractivity contribution in [3.05, 3.63) is 12.2 Å². The predicted molar refractivity (Wildman–Crippen MR) is 145 cm³/mol. The topological polar surface area (TPSA) is 58.9 Å². The molecule has 0 unspecified atom stereocenters. The van der Waals surface area contributed by atoms with E-state index in [0.717, 1.165) is 18.6 Å². The van der Waals surface area contributed by atoms with Gasteiger partial charge in [-0.1, -0.05) is 51.9 Å². The highest BCUT2D eigenvalue weighted by Gasteiger charge is 2.70. The van der Waals surface area contributed by atoms with Gasteiger partial charge in [0.15, 0.2) is 0 Å². The molecule has 4 heteroatoms. The van der Waals surface area contributed by atoms with Crippen LogP contribution in [-0.2, 0) is 9.53 Å². The molecular weight excluding hydrogens is 446 g/mol. The van der Waals surface area contributed by atoms with Crippen molar-refractivity contribution >= 4 is 11.7 Å². The maximum Gasteiger partial charge on any atom is 0.302 e. The van der Waals surface area contributed by atoms with E-state index in [1.807, 2.05) is 0 Å². The summed E-state index contributed by atoms with van der Waals surface area (Å²) in [6.07, 6.45) is 12.0. The Kier molecular flexibility index (Phi) is 6.09. The highest BCUT2D eigenvalue weighted by atomic mass is 16.5. The van der Waals surface area contributed by atoms with Crippen LogP contribution in [0, 0.1) is 56.7 Å². The fourth-order valence-corrected chi connectivity index (χ4v) is 11.8. The molecule has 0 aromatic heterocycles. The van der Waals surface area contributed by atoms with Gasteiger partial charge >= 0.3 is 5.97 Å². The van der Waals surface area contributed by atoms with E-state index in [1.54, 1.807) is 6.92 Å². The van der Waals surface area contributed by atoms with E-state index < -0.39 is 0 Å². The van der Waals surface area contributed by atoms with Crippen LogP contribution in [0.5, 0.6) is 0 Å². The molecule has 5 saturated carbocycles. The van der Waals surface area contributed by atoms with Crippen LogP contribution in [0.3, 0.4) is 0 Å². The lowest BCUT2D eigenvalue weighted by atomic mass is 9.32. The molecule has 9 atom stereocenters. The SMILES string of the molecule is C=C(C)[C@@H]1CC[C@]2(COC(C)=O)CC[C@]3(C)[C@H](CC[C@@H]4[C@@]5(C)CC/C(=N/O)C(C)(C)[C@H]5CC[C@]43C)[C@@H]12. The monoisotopic (exact) mass is 497 g/mol. The third kappa shape index (κ3) is 3.30. The molecule has 0 heterocycles. The van der Waals surface area contributed by atoms with E-state index in [-0.39, 0.29) is 22.2 Å². The lowest BCUT2D eigenvalue weighted by Crippen LogP contribution is -2.66. The van der Waals surface area contributed by atoms with Crippen LogP contribution in [0.15, 0.2) is 17.3 Å². The molecule has 5 rings (SSSR count). The molecule has 36 heavy (non-hydrogen) atoms. The summed E-state index contributed by atoms with van der Waals surface area (Å²) in [5.74, 6) is 2.93. The van der Waals surface area contributed by atoms with Gasteiger partial charge in [0.1, 0.15) is 0 Å². The Morgan fingerprint density at radius 1 is 0.944 bits per heavy atom. The van der Waals surface area contributed by atoms with E-state index >= 15 is 0 Å². The average Bonchev–Trinajstić information content (AvgIpc) is 3.18. The van der Waals surface area contributed by atoms with Gasteiger partial charge in [-0.25, -0.2) is 0 Å². The van der Waals surface area contributed by atoms with Crippen molar-refractivity contribution in [3.8, 4) is 0 Å². The van der Waals surface area contributed by atoms with Crippen LogP contribution >= 0.6 is 0 Å². The Morgan fingerprint density at radius 3 is 2.31 bits per heavy atom. The van der Waals surface area contributed by atoms with Crippen molar-refractivity contribution in [2.24, 2.45) is 61.8 Å². The van der Waals surface area contributed by atoms with E-state index in [1.165, 1.54) is 56.9 Å². The molecule has 0 saturated heterocycles. The maximum atomic E-state index is 11.9. The lowest BCUT2D eigenvalue weighted by Gasteiger charge is -2.72. The Labute approximate surface area is 219 Å². The molecule has 1 N–H and O–H groups in total. The second kappa shape index (κ2) is 8.34. The summed E-state index contributed by atoms with van der Waals surface area (Å²) in [6, 6.07) is 0. The first-order valence-corrected chi connectivity index (χ1v) is 14.8. The van der Waals surface area contributed by atoms with E-state index in [9.17, 15) is 10.0 Å². The number of carbonyl (C=O) groups excluding carboxylic acids is 1. The van der Waals surface area contributed by atoms with Gasteiger partial charge in [0.2, 0.25) is 0 Å². The first-order valence-electron chi connectivity index (χ1n) is 14.8. The minimum atomic E-state index is -0.136. The molecule has 0 aliphatic heterocycles. The number of carbonyl (C=O) groups is 1. The molecular formula is C32H51NO3. The zero-order chi connectivity index (χ0) is 26.3. The van der Waals surface area contributed by atoms with Gasteiger partial charge in [-0.15, -0.1) is 0 Å². The standard InChI is InChI=1S/C32H51NO3/c1-20(2)22-11-16-32(19-36-21(3)34)18-17-30(7)23(27(22)32)9-10-25-29(6)14-13-26(33-35)28(4,5)24(29)12-15-31(25,30)8/h22-25,27,35H,1,9-19H2,2-8H3/b33-26-/t22-,23+,24+,25+,27+,29-,30+,31+,32+/m0/s1. The molecule has 0 radical (unpaired) electrons. The second-order valence-corrected chi connectivity index (χ2v) is 15.1. The number of hydrogen-bond donors (Lipinski definition) is 1. The molecule has 0 aromatic carbocycles. The molecule has 0 bridgehead atoms. The van der Waals surface area contributed by atoms with Crippen LogP contribution in [0.25, 0.3) is 0 Å². The fourth-order valence-electron chi connectivity index (χ4n) is 11.8. The van der Waals surface area contributed by atoms with Crippen molar-refractivity contribution in [2.45, 2.75) is 113 Å². The third-order valence-electron chi connectivity index (χ3n) is 13.7. The van der Waals surface area contributed by atoms with Gasteiger partial charge in [0.05, 0.1) is 12.3 Å². The van der Waals surface area contributed by atoms with Crippen molar-refractivity contribution in [2.75, 3.05) is 6.61 Å². The number of esters is 1. The van der Waals surface area contributed by atoms with E-state index in [2.05, 4.69) is 53.3 Å². The molecule has 0 amide bonds. The van der Waals surface area contributed by atoms with Gasteiger partial charge in [0, 0.05) is 17.8 Å². The summed E-state index contributed by atoms with van der Waals surface area (Å²) < 4.78 is 5.79.